The predicted octanol–water partition coefficient (Wildman–Crippen LogP) is 2.77. The molecule has 3 nitrogen and oxygen atoms in total. The lowest BCUT2D eigenvalue weighted by Crippen LogP contribution is -1.81. The first-order chi connectivity index (χ1) is 7.20. The average molecular weight is 201 g/mol. The summed E-state index contributed by atoms with van der Waals surface area (Å²) in [5.41, 5.74) is 3.36. The molecule has 0 radical (unpaired) electrons. The van der Waals surface area contributed by atoms with Crippen molar-refractivity contribution in [2.45, 2.75) is 13.8 Å². The molecule has 2 aromatic rings. The molecule has 0 aliphatic rings. The molecule has 3 heteroatoms. The van der Waals surface area contributed by atoms with E-state index in [4.69, 9.17) is 4.42 Å². The van der Waals surface area contributed by atoms with Crippen LogP contribution in [-0.2, 0) is 0 Å². The van der Waals surface area contributed by atoms with Gasteiger partial charge in [0.15, 0.2) is 5.76 Å². The van der Waals surface area contributed by atoms with E-state index < -0.39 is 0 Å². The SMILES string of the molecule is Cc1ccc(-c2cnc(C=O)o2)cc1C. The molecule has 0 unspecified atom stereocenters. The van der Waals surface area contributed by atoms with E-state index in [0.29, 0.717) is 12.0 Å². The van der Waals surface area contributed by atoms with Crippen molar-refractivity contribution in [1.82, 2.24) is 4.98 Å². The highest BCUT2D eigenvalue weighted by molar-refractivity contribution is 5.69. The summed E-state index contributed by atoms with van der Waals surface area (Å²) in [5, 5.41) is 0. The molecule has 0 fully saturated rings. The molecule has 1 aromatic heterocycles. The number of benzene rings is 1. The third-order valence-corrected chi connectivity index (χ3v) is 2.42. The number of carbonyl (C=O) groups is 1. The van der Waals surface area contributed by atoms with Crippen LogP contribution in [0.2, 0.25) is 0 Å². The Morgan fingerprint density at radius 2 is 2.07 bits per heavy atom. The molecule has 0 amide bonds. The first kappa shape index (κ1) is 9.65. The topological polar surface area (TPSA) is 43.1 Å². The minimum absolute atomic E-state index is 0.114. The van der Waals surface area contributed by atoms with Crippen LogP contribution >= 0.6 is 0 Å². The lowest BCUT2D eigenvalue weighted by Gasteiger charge is -2.01. The van der Waals surface area contributed by atoms with Gasteiger partial charge in [0.25, 0.3) is 5.89 Å². The average Bonchev–Trinajstić information content (AvgIpc) is 2.70. The van der Waals surface area contributed by atoms with Gasteiger partial charge in [-0.15, -0.1) is 0 Å². The van der Waals surface area contributed by atoms with Gasteiger partial charge in [-0.3, -0.25) is 4.79 Å². The van der Waals surface area contributed by atoms with E-state index >= 15 is 0 Å². The second-order valence-corrected chi connectivity index (χ2v) is 3.48. The highest BCUT2D eigenvalue weighted by Gasteiger charge is 2.05. The highest BCUT2D eigenvalue weighted by Crippen LogP contribution is 2.22. The Kier molecular flexibility index (Phi) is 2.37. The van der Waals surface area contributed by atoms with Crippen LogP contribution in [0.25, 0.3) is 11.3 Å². The summed E-state index contributed by atoms with van der Waals surface area (Å²) in [6.45, 7) is 4.09. The molecular formula is C12H11NO2. The minimum atomic E-state index is 0.114. The fourth-order valence-corrected chi connectivity index (χ4v) is 1.37. The monoisotopic (exact) mass is 201 g/mol. The van der Waals surface area contributed by atoms with Gasteiger partial charge in [0.2, 0.25) is 6.29 Å². The maximum absolute atomic E-state index is 10.4. The second-order valence-electron chi connectivity index (χ2n) is 3.48. The summed E-state index contributed by atoms with van der Waals surface area (Å²) in [4.78, 5) is 14.2. The number of aldehydes is 1. The molecule has 0 atom stereocenters. The zero-order chi connectivity index (χ0) is 10.8. The highest BCUT2D eigenvalue weighted by atomic mass is 16.4. The van der Waals surface area contributed by atoms with E-state index in [1.54, 1.807) is 6.20 Å². The van der Waals surface area contributed by atoms with Crippen LogP contribution < -0.4 is 0 Å². The molecule has 0 bridgehead atoms. The Hall–Kier alpha value is -1.90. The number of carbonyl (C=O) groups excluding carboxylic acids is 1. The second kappa shape index (κ2) is 3.69. The third-order valence-electron chi connectivity index (χ3n) is 2.42. The standard InChI is InChI=1S/C12H11NO2/c1-8-3-4-10(5-9(8)2)11-6-13-12(7-14)15-11/h3-7H,1-2H3. The van der Waals surface area contributed by atoms with Crippen LogP contribution in [0.3, 0.4) is 0 Å². The van der Waals surface area contributed by atoms with E-state index in [0.717, 1.165) is 5.56 Å². The van der Waals surface area contributed by atoms with Crippen LogP contribution in [0.15, 0.2) is 28.8 Å². The molecule has 0 saturated heterocycles. The maximum Gasteiger partial charge on any atom is 0.260 e. The van der Waals surface area contributed by atoms with Crippen molar-refractivity contribution in [3.63, 3.8) is 0 Å². The quantitative estimate of drug-likeness (QED) is 0.701. The van der Waals surface area contributed by atoms with Gasteiger partial charge >= 0.3 is 0 Å². The summed E-state index contributed by atoms with van der Waals surface area (Å²) in [7, 11) is 0. The Labute approximate surface area is 87.8 Å². The van der Waals surface area contributed by atoms with Gasteiger partial charge in [-0.25, -0.2) is 4.98 Å². The van der Waals surface area contributed by atoms with E-state index in [9.17, 15) is 4.79 Å². The first-order valence-electron chi connectivity index (χ1n) is 4.69. The van der Waals surface area contributed by atoms with Gasteiger partial charge in [0, 0.05) is 5.56 Å². The number of rotatable bonds is 2. The molecule has 0 aliphatic heterocycles. The first-order valence-corrected chi connectivity index (χ1v) is 4.69. The van der Waals surface area contributed by atoms with Gasteiger partial charge in [0.1, 0.15) is 0 Å². The molecule has 2 rings (SSSR count). The van der Waals surface area contributed by atoms with Crippen molar-refractivity contribution in [2.24, 2.45) is 0 Å². The Balaban J connectivity index is 2.44. The molecule has 0 N–H and O–H groups in total. The van der Waals surface area contributed by atoms with E-state index in [2.05, 4.69) is 11.9 Å². The number of oxazole rings is 1. The summed E-state index contributed by atoms with van der Waals surface area (Å²) < 4.78 is 5.23. The number of hydrogen-bond donors (Lipinski definition) is 0. The van der Waals surface area contributed by atoms with Crippen molar-refractivity contribution in [3.05, 3.63) is 41.4 Å². The van der Waals surface area contributed by atoms with Crippen molar-refractivity contribution >= 4 is 6.29 Å². The molecule has 0 aliphatic carbocycles. The third kappa shape index (κ3) is 1.81. The van der Waals surface area contributed by atoms with Crippen LogP contribution in [0.4, 0.5) is 0 Å². The normalized spacial score (nSPS) is 10.3. The minimum Gasteiger partial charge on any atom is -0.434 e. The number of hydrogen-bond acceptors (Lipinski definition) is 3. The summed E-state index contributed by atoms with van der Waals surface area (Å²) >= 11 is 0. The van der Waals surface area contributed by atoms with Gasteiger partial charge in [0.05, 0.1) is 6.20 Å². The summed E-state index contributed by atoms with van der Waals surface area (Å²) in [6.07, 6.45) is 2.17. The van der Waals surface area contributed by atoms with Crippen LogP contribution in [0, 0.1) is 13.8 Å². The largest absolute Gasteiger partial charge is 0.434 e. The van der Waals surface area contributed by atoms with Crippen molar-refractivity contribution in [3.8, 4) is 11.3 Å². The van der Waals surface area contributed by atoms with Crippen molar-refractivity contribution in [2.75, 3.05) is 0 Å². The van der Waals surface area contributed by atoms with Crippen molar-refractivity contribution in [1.29, 1.82) is 0 Å². The molecule has 1 aromatic carbocycles. The molecule has 0 spiro atoms. The maximum atomic E-state index is 10.4. The molecule has 76 valence electrons. The summed E-state index contributed by atoms with van der Waals surface area (Å²) in [6, 6.07) is 6.00. The zero-order valence-corrected chi connectivity index (χ0v) is 8.65. The van der Waals surface area contributed by atoms with Crippen LogP contribution in [-0.4, -0.2) is 11.3 Å². The van der Waals surface area contributed by atoms with Gasteiger partial charge in [-0.2, -0.15) is 0 Å². The van der Waals surface area contributed by atoms with Crippen LogP contribution in [0.5, 0.6) is 0 Å². The zero-order valence-electron chi connectivity index (χ0n) is 8.65. The molecular weight excluding hydrogens is 190 g/mol. The Morgan fingerprint density at radius 3 is 2.67 bits per heavy atom. The molecule has 1 heterocycles. The van der Waals surface area contributed by atoms with E-state index in [1.165, 1.54) is 11.1 Å². The lowest BCUT2D eigenvalue weighted by atomic mass is 10.1. The number of aryl methyl sites for hydroxylation is 2. The van der Waals surface area contributed by atoms with Crippen molar-refractivity contribution < 1.29 is 9.21 Å². The molecule has 0 saturated carbocycles. The number of nitrogens with zero attached hydrogens (tertiary/aromatic N) is 1. The molecule has 15 heavy (non-hydrogen) atoms. The van der Waals surface area contributed by atoms with Gasteiger partial charge < -0.3 is 4.42 Å². The lowest BCUT2D eigenvalue weighted by molar-refractivity contribution is 0.109. The Bertz CT molecular complexity index is 500. The predicted molar refractivity (Wildman–Crippen MR) is 56.8 cm³/mol. The number of aromatic nitrogens is 1. The van der Waals surface area contributed by atoms with Gasteiger partial charge in [-0.1, -0.05) is 12.1 Å². The Morgan fingerprint density at radius 1 is 1.27 bits per heavy atom. The summed E-state index contributed by atoms with van der Waals surface area (Å²) in [5.74, 6) is 0.739. The fraction of sp³-hybridized carbons (Fsp3) is 0.167. The van der Waals surface area contributed by atoms with Crippen LogP contribution in [0.1, 0.15) is 21.8 Å². The van der Waals surface area contributed by atoms with Gasteiger partial charge in [-0.05, 0) is 31.0 Å². The fourth-order valence-electron chi connectivity index (χ4n) is 1.37. The van der Waals surface area contributed by atoms with E-state index in [-0.39, 0.29) is 5.89 Å². The smallest absolute Gasteiger partial charge is 0.260 e. The van der Waals surface area contributed by atoms with E-state index in [1.807, 2.05) is 25.1 Å².